The summed E-state index contributed by atoms with van der Waals surface area (Å²) in [6, 6.07) is 3.97. The van der Waals surface area contributed by atoms with Crippen molar-refractivity contribution in [1.29, 1.82) is 0 Å². The van der Waals surface area contributed by atoms with Crippen molar-refractivity contribution >= 4 is 16.4 Å². The molecule has 0 atom stereocenters. The molecule has 2 rings (SSSR count). The second-order valence-electron chi connectivity index (χ2n) is 4.40. The third-order valence-corrected chi connectivity index (χ3v) is 3.72. The van der Waals surface area contributed by atoms with Gasteiger partial charge in [0.25, 0.3) is 0 Å². The van der Waals surface area contributed by atoms with E-state index in [4.69, 9.17) is 4.42 Å². The summed E-state index contributed by atoms with van der Waals surface area (Å²) in [7, 11) is -5.89. The normalized spacial score (nSPS) is 12.2. The third-order valence-electron chi connectivity index (χ3n) is 2.76. The van der Waals surface area contributed by atoms with Crippen molar-refractivity contribution in [2.45, 2.75) is 12.4 Å². The van der Waals surface area contributed by atoms with Gasteiger partial charge in [-0.25, -0.2) is 4.39 Å². The molecule has 124 valence electrons. The summed E-state index contributed by atoms with van der Waals surface area (Å²) >= 11 is 0. The van der Waals surface area contributed by atoms with Gasteiger partial charge in [0.15, 0.2) is 12.0 Å². The van der Waals surface area contributed by atoms with E-state index < -0.39 is 27.2 Å². The standard InChI is InChI=1S/C13H8F4O5S/c1-7-4-10(14)9(11-3-2-8(6-18)21-11)5-12(7)22-23(19,20)13(15,16)17/h2-6H,1H3. The van der Waals surface area contributed by atoms with E-state index in [9.17, 15) is 30.8 Å². The molecule has 0 aliphatic carbocycles. The number of alkyl halides is 3. The molecule has 2 aromatic rings. The lowest BCUT2D eigenvalue weighted by molar-refractivity contribution is -0.0500. The van der Waals surface area contributed by atoms with Crippen LogP contribution in [0, 0.1) is 12.7 Å². The molecule has 1 heterocycles. The lowest BCUT2D eigenvalue weighted by Gasteiger charge is -2.12. The van der Waals surface area contributed by atoms with Crippen molar-refractivity contribution in [1.82, 2.24) is 0 Å². The van der Waals surface area contributed by atoms with Crippen molar-refractivity contribution in [2.75, 3.05) is 0 Å². The maximum absolute atomic E-state index is 13.9. The SMILES string of the molecule is Cc1cc(F)c(-c2ccc(C=O)o2)cc1OS(=O)(=O)C(F)(F)F. The summed E-state index contributed by atoms with van der Waals surface area (Å²) in [6.07, 6.45) is 0.348. The Hall–Kier alpha value is -2.36. The quantitative estimate of drug-likeness (QED) is 0.365. The van der Waals surface area contributed by atoms with Crippen LogP contribution in [0.4, 0.5) is 17.6 Å². The van der Waals surface area contributed by atoms with Crippen molar-refractivity contribution in [3.05, 3.63) is 41.4 Å². The number of carbonyl (C=O) groups excluding carboxylic acids is 1. The average Bonchev–Trinajstić information content (AvgIpc) is 2.89. The van der Waals surface area contributed by atoms with Crippen LogP contribution in [0.5, 0.6) is 5.75 Å². The van der Waals surface area contributed by atoms with E-state index in [0.29, 0.717) is 6.29 Å². The zero-order valence-corrected chi connectivity index (χ0v) is 12.2. The topological polar surface area (TPSA) is 73.6 Å². The van der Waals surface area contributed by atoms with E-state index >= 15 is 0 Å². The molecule has 10 heteroatoms. The summed E-state index contributed by atoms with van der Waals surface area (Å²) in [6.45, 7) is 1.17. The largest absolute Gasteiger partial charge is 0.534 e. The molecule has 0 unspecified atom stereocenters. The van der Waals surface area contributed by atoms with Crippen LogP contribution in [0.1, 0.15) is 16.1 Å². The monoisotopic (exact) mass is 352 g/mol. The molecule has 0 amide bonds. The first-order chi connectivity index (χ1) is 10.5. The summed E-state index contributed by atoms with van der Waals surface area (Å²) in [5.74, 6) is -1.89. The molecule has 0 saturated carbocycles. The smallest absolute Gasteiger partial charge is 0.453 e. The Balaban J connectivity index is 2.51. The Bertz CT molecular complexity index is 852. The molecule has 0 radical (unpaired) electrons. The highest BCUT2D eigenvalue weighted by molar-refractivity contribution is 7.88. The fourth-order valence-corrected chi connectivity index (χ4v) is 2.17. The number of furan rings is 1. The number of carbonyl (C=O) groups is 1. The molecular formula is C13H8F4O5S. The van der Waals surface area contributed by atoms with Crippen LogP contribution in [-0.4, -0.2) is 20.2 Å². The van der Waals surface area contributed by atoms with Gasteiger partial charge in [0.2, 0.25) is 0 Å². The number of rotatable bonds is 4. The van der Waals surface area contributed by atoms with Gasteiger partial charge in [-0.2, -0.15) is 21.6 Å². The van der Waals surface area contributed by atoms with Gasteiger partial charge in [-0.1, -0.05) is 0 Å². The molecule has 1 aromatic heterocycles. The van der Waals surface area contributed by atoms with E-state index in [1.807, 2.05) is 0 Å². The minimum absolute atomic E-state index is 0.134. The predicted molar refractivity (Wildman–Crippen MR) is 69.8 cm³/mol. The Morgan fingerprint density at radius 3 is 2.39 bits per heavy atom. The molecule has 0 bridgehead atoms. The van der Waals surface area contributed by atoms with Gasteiger partial charge >= 0.3 is 15.6 Å². The maximum atomic E-state index is 13.9. The van der Waals surface area contributed by atoms with E-state index in [1.165, 1.54) is 19.1 Å². The first-order valence-corrected chi connectivity index (χ1v) is 7.32. The second kappa shape index (κ2) is 5.69. The van der Waals surface area contributed by atoms with E-state index in [-0.39, 0.29) is 22.6 Å². The Kier molecular flexibility index (Phi) is 4.20. The first-order valence-electron chi connectivity index (χ1n) is 5.91. The molecule has 0 N–H and O–H groups in total. The van der Waals surface area contributed by atoms with Crippen LogP contribution in [0.2, 0.25) is 0 Å². The molecular weight excluding hydrogens is 344 g/mol. The Morgan fingerprint density at radius 2 is 1.87 bits per heavy atom. The van der Waals surface area contributed by atoms with Crippen molar-refractivity contribution in [3.8, 4) is 17.1 Å². The molecule has 0 saturated heterocycles. The molecule has 1 aromatic carbocycles. The van der Waals surface area contributed by atoms with Gasteiger partial charge in [-0.3, -0.25) is 4.79 Å². The minimum Gasteiger partial charge on any atom is -0.453 e. The summed E-state index contributed by atoms with van der Waals surface area (Å²) < 4.78 is 82.1. The number of aryl methyl sites for hydroxylation is 1. The van der Waals surface area contributed by atoms with Gasteiger partial charge in [0.1, 0.15) is 17.3 Å². The zero-order chi connectivity index (χ0) is 17.4. The number of halogens is 4. The third kappa shape index (κ3) is 3.36. The second-order valence-corrected chi connectivity index (χ2v) is 5.94. The molecule has 0 aliphatic heterocycles. The van der Waals surface area contributed by atoms with E-state index in [1.54, 1.807) is 0 Å². The van der Waals surface area contributed by atoms with Crippen molar-refractivity contribution in [2.24, 2.45) is 0 Å². The van der Waals surface area contributed by atoms with Gasteiger partial charge in [0, 0.05) is 0 Å². The summed E-state index contributed by atoms with van der Waals surface area (Å²) in [5.41, 5.74) is -6.14. The van der Waals surface area contributed by atoms with Gasteiger partial charge < -0.3 is 8.60 Å². The highest BCUT2D eigenvalue weighted by Crippen LogP contribution is 2.34. The van der Waals surface area contributed by atoms with Crippen LogP contribution in [0.25, 0.3) is 11.3 Å². The minimum atomic E-state index is -5.89. The number of aldehydes is 1. The lowest BCUT2D eigenvalue weighted by Crippen LogP contribution is -2.28. The number of benzene rings is 1. The maximum Gasteiger partial charge on any atom is 0.534 e. The zero-order valence-electron chi connectivity index (χ0n) is 11.3. The fourth-order valence-electron chi connectivity index (χ4n) is 1.66. The number of hydrogen-bond acceptors (Lipinski definition) is 5. The summed E-state index contributed by atoms with van der Waals surface area (Å²) in [4.78, 5) is 10.5. The van der Waals surface area contributed by atoms with E-state index in [2.05, 4.69) is 4.18 Å². The first kappa shape index (κ1) is 17.0. The molecule has 0 aliphatic rings. The van der Waals surface area contributed by atoms with Crippen LogP contribution in [0.3, 0.4) is 0 Å². The van der Waals surface area contributed by atoms with Gasteiger partial charge in [0.05, 0.1) is 5.56 Å². The van der Waals surface area contributed by atoms with Crippen LogP contribution in [-0.2, 0) is 10.1 Å². The van der Waals surface area contributed by atoms with Gasteiger partial charge in [-0.15, -0.1) is 0 Å². The van der Waals surface area contributed by atoms with Crippen LogP contribution in [0.15, 0.2) is 28.7 Å². The molecule has 0 spiro atoms. The fraction of sp³-hybridized carbons (Fsp3) is 0.154. The average molecular weight is 352 g/mol. The van der Waals surface area contributed by atoms with Crippen molar-refractivity contribution < 1.29 is 39.4 Å². The van der Waals surface area contributed by atoms with Crippen LogP contribution < -0.4 is 4.18 Å². The van der Waals surface area contributed by atoms with Crippen molar-refractivity contribution in [3.63, 3.8) is 0 Å². The van der Waals surface area contributed by atoms with E-state index in [0.717, 1.165) is 12.1 Å². The highest BCUT2D eigenvalue weighted by atomic mass is 32.2. The van der Waals surface area contributed by atoms with Gasteiger partial charge in [-0.05, 0) is 36.8 Å². The van der Waals surface area contributed by atoms with Crippen LogP contribution >= 0.6 is 0 Å². The predicted octanol–water partition coefficient (Wildman–Crippen LogP) is 3.44. The summed E-state index contributed by atoms with van der Waals surface area (Å²) in [5, 5.41) is 0. The number of hydrogen-bond donors (Lipinski definition) is 0. The Labute approximate surface area is 127 Å². The molecule has 5 nitrogen and oxygen atoms in total. The molecule has 0 fully saturated rings. The molecule has 23 heavy (non-hydrogen) atoms. The lowest BCUT2D eigenvalue weighted by atomic mass is 10.1. The highest BCUT2D eigenvalue weighted by Gasteiger charge is 2.48. The Morgan fingerprint density at radius 1 is 1.22 bits per heavy atom.